The van der Waals surface area contributed by atoms with E-state index in [1.54, 1.807) is 32.2 Å². The number of para-hydroxylation sites is 1. The standard InChI is InChI=1S/C25H23N3O4/c1-16(24(29)26-15-19-10-6-7-11-22(19)31-2)27-25(30)18-12-13-21-20(14-18)23(32-28-21)17-8-4-3-5-9-17/h3-14,16H,15H2,1-2H3,(H,26,29)(H,27,30). The topological polar surface area (TPSA) is 93.5 Å². The predicted molar refractivity (Wildman–Crippen MR) is 121 cm³/mol. The molecular formula is C25H23N3O4. The molecule has 0 saturated heterocycles. The van der Waals surface area contributed by atoms with Gasteiger partial charge in [-0.3, -0.25) is 9.59 Å². The molecule has 0 spiro atoms. The third-order valence-corrected chi connectivity index (χ3v) is 5.16. The molecular weight excluding hydrogens is 406 g/mol. The van der Waals surface area contributed by atoms with Crippen molar-refractivity contribution < 1.29 is 18.8 Å². The maximum absolute atomic E-state index is 12.8. The third-order valence-electron chi connectivity index (χ3n) is 5.16. The van der Waals surface area contributed by atoms with Crippen LogP contribution in [0, 0.1) is 0 Å². The molecule has 7 heteroatoms. The average molecular weight is 429 g/mol. The fourth-order valence-corrected chi connectivity index (χ4v) is 3.41. The summed E-state index contributed by atoms with van der Waals surface area (Å²) >= 11 is 0. The van der Waals surface area contributed by atoms with Crippen LogP contribution in [0.3, 0.4) is 0 Å². The first-order valence-corrected chi connectivity index (χ1v) is 10.2. The lowest BCUT2D eigenvalue weighted by Gasteiger charge is -2.15. The van der Waals surface area contributed by atoms with Gasteiger partial charge in [-0.15, -0.1) is 0 Å². The van der Waals surface area contributed by atoms with Gasteiger partial charge >= 0.3 is 0 Å². The molecule has 4 rings (SSSR count). The minimum absolute atomic E-state index is 0.291. The Morgan fingerprint density at radius 1 is 1.03 bits per heavy atom. The molecule has 1 unspecified atom stereocenters. The summed E-state index contributed by atoms with van der Waals surface area (Å²) in [7, 11) is 1.58. The fourth-order valence-electron chi connectivity index (χ4n) is 3.41. The van der Waals surface area contributed by atoms with Crippen LogP contribution in [0.15, 0.2) is 77.3 Å². The Bertz CT molecular complexity index is 1250. The number of carbonyl (C=O) groups excluding carboxylic acids is 2. The van der Waals surface area contributed by atoms with Gasteiger partial charge < -0.3 is 19.9 Å². The van der Waals surface area contributed by atoms with Gasteiger partial charge in [0.25, 0.3) is 5.91 Å². The SMILES string of the molecule is COc1ccccc1CNC(=O)C(C)NC(=O)c1ccc2noc(-c3ccccc3)c2c1. The second kappa shape index (κ2) is 9.34. The Labute approximate surface area is 185 Å². The third kappa shape index (κ3) is 4.46. The maximum Gasteiger partial charge on any atom is 0.251 e. The molecule has 2 N–H and O–H groups in total. The summed E-state index contributed by atoms with van der Waals surface area (Å²) in [6, 6.07) is 21.4. The highest BCUT2D eigenvalue weighted by Gasteiger charge is 2.19. The molecule has 0 fully saturated rings. The van der Waals surface area contributed by atoms with Crippen molar-refractivity contribution in [2.75, 3.05) is 7.11 Å². The molecule has 0 bridgehead atoms. The normalized spacial score (nSPS) is 11.7. The largest absolute Gasteiger partial charge is 0.496 e. The van der Waals surface area contributed by atoms with Gasteiger partial charge in [0.15, 0.2) is 5.76 Å². The van der Waals surface area contributed by atoms with E-state index < -0.39 is 6.04 Å². The monoisotopic (exact) mass is 429 g/mol. The molecule has 1 atom stereocenters. The second-order valence-corrected chi connectivity index (χ2v) is 7.33. The summed E-state index contributed by atoms with van der Waals surface area (Å²) in [6.45, 7) is 1.94. The van der Waals surface area contributed by atoms with Crippen LogP contribution in [0.5, 0.6) is 5.75 Å². The lowest BCUT2D eigenvalue weighted by molar-refractivity contribution is -0.122. The zero-order valence-electron chi connectivity index (χ0n) is 17.8. The van der Waals surface area contributed by atoms with Crippen molar-refractivity contribution in [3.63, 3.8) is 0 Å². The lowest BCUT2D eigenvalue weighted by Crippen LogP contribution is -2.44. The van der Waals surface area contributed by atoms with E-state index >= 15 is 0 Å². The molecule has 3 aromatic carbocycles. The number of nitrogens with one attached hydrogen (secondary N) is 2. The summed E-state index contributed by atoms with van der Waals surface area (Å²) in [5.74, 6) is 0.644. The molecule has 162 valence electrons. The Kier molecular flexibility index (Phi) is 6.17. The summed E-state index contributed by atoms with van der Waals surface area (Å²) in [5.41, 5.74) is 2.80. The van der Waals surface area contributed by atoms with E-state index in [1.165, 1.54) is 0 Å². The van der Waals surface area contributed by atoms with Gasteiger partial charge in [0, 0.05) is 23.2 Å². The van der Waals surface area contributed by atoms with E-state index in [2.05, 4.69) is 15.8 Å². The van der Waals surface area contributed by atoms with E-state index in [-0.39, 0.29) is 11.8 Å². The van der Waals surface area contributed by atoms with Crippen molar-refractivity contribution in [2.24, 2.45) is 0 Å². The van der Waals surface area contributed by atoms with Gasteiger partial charge in [-0.05, 0) is 31.2 Å². The Morgan fingerprint density at radius 3 is 2.56 bits per heavy atom. The van der Waals surface area contributed by atoms with Crippen LogP contribution in [0.1, 0.15) is 22.8 Å². The number of ether oxygens (including phenoxy) is 1. The van der Waals surface area contributed by atoms with Gasteiger partial charge in [-0.25, -0.2) is 0 Å². The van der Waals surface area contributed by atoms with Crippen LogP contribution in [0.2, 0.25) is 0 Å². The van der Waals surface area contributed by atoms with Crippen molar-refractivity contribution >= 4 is 22.7 Å². The molecule has 32 heavy (non-hydrogen) atoms. The van der Waals surface area contributed by atoms with Gasteiger partial charge in [0.1, 0.15) is 17.3 Å². The van der Waals surface area contributed by atoms with Gasteiger partial charge in [0.05, 0.1) is 12.5 Å². The van der Waals surface area contributed by atoms with Crippen LogP contribution in [-0.2, 0) is 11.3 Å². The molecule has 1 aromatic heterocycles. The first kappa shape index (κ1) is 21.1. The molecule has 0 aliphatic heterocycles. The Hall–Kier alpha value is -4.13. The van der Waals surface area contributed by atoms with Crippen LogP contribution >= 0.6 is 0 Å². The predicted octanol–water partition coefficient (Wildman–Crippen LogP) is 3.94. The van der Waals surface area contributed by atoms with E-state index in [9.17, 15) is 9.59 Å². The average Bonchev–Trinajstić information content (AvgIpc) is 3.26. The van der Waals surface area contributed by atoms with Crippen molar-refractivity contribution in [1.29, 1.82) is 0 Å². The minimum atomic E-state index is -0.719. The molecule has 4 aromatic rings. The number of hydrogen-bond acceptors (Lipinski definition) is 5. The van der Waals surface area contributed by atoms with Gasteiger partial charge in [-0.2, -0.15) is 0 Å². The molecule has 2 amide bonds. The van der Waals surface area contributed by atoms with Crippen molar-refractivity contribution in [3.05, 3.63) is 83.9 Å². The molecule has 0 radical (unpaired) electrons. The Balaban J connectivity index is 1.44. The maximum atomic E-state index is 12.8. The van der Waals surface area contributed by atoms with Crippen LogP contribution < -0.4 is 15.4 Å². The quantitative estimate of drug-likeness (QED) is 0.464. The van der Waals surface area contributed by atoms with Gasteiger partial charge in [-0.1, -0.05) is 53.7 Å². The number of carbonyl (C=O) groups is 2. The summed E-state index contributed by atoms with van der Waals surface area (Å²) in [5, 5.41) is 10.4. The number of nitrogens with zero attached hydrogens (tertiary/aromatic N) is 1. The molecule has 0 saturated carbocycles. The molecule has 0 aliphatic rings. The van der Waals surface area contributed by atoms with Crippen molar-refractivity contribution in [2.45, 2.75) is 19.5 Å². The number of aromatic nitrogens is 1. The van der Waals surface area contributed by atoms with E-state index in [0.717, 1.165) is 16.5 Å². The number of rotatable bonds is 7. The first-order valence-electron chi connectivity index (χ1n) is 10.2. The Morgan fingerprint density at radius 2 is 1.78 bits per heavy atom. The van der Waals surface area contributed by atoms with Crippen LogP contribution in [-0.4, -0.2) is 30.1 Å². The molecule has 0 aliphatic carbocycles. The van der Waals surface area contributed by atoms with Crippen LogP contribution in [0.25, 0.3) is 22.2 Å². The van der Waals surface area contributed by atoms with E-state index in [1.807, 2.05) is 54.6 Å². The fraction of sp³-hybridized carbons (Fsp3) is 0.160. The van der Waals surface area contributed by atoms with Gasteiger partial charge in [0.2, 0.25) is 5.91 Å². The zero-order valence-corrected chi connectivity index (χ0v) is 17.8. The smallest absolute Gasteiger partial charge is 0.251 e. The van der Waals surface area contributed by atoms with E-state index in [0.29, 0.717) is 29.1 Å². The summed E-state index contributed by atoms with van der Waals surface area (Å²) in [6.07, 6.45) is 0. The number of benzene rings is 3. The lowest BCUT2D eigenvalue weighted by atomic mass is 10.1. The summed E-state index contributed by atoms with van der Waals surface area (Å²) < 4.78 is 10.8. The first-order chi connectivity index (χ1) is 15.6. The highest BCUT2D eigenvalue weighted by Crippen LogP contribution is 2.29. The highest BCUT2D eigenvalue weighted by atomic mass is 16.5. The molecule has 7 nitrogen and oxygen atoms in total. The minimum Gasteiger partial charge on any atom is -0.496 e. The van der Waals surface area contributed by atoms with E-state index in [4.69, 9.17) is 9.26 Å². The highest BCUT2D eigenvalue weighted by molar-refractivity contribution is 6.02. The number of fused-ring (bicyclic) bond motifs is 1. The summed E-state index contributed by atoms with van der Waals surface area (Å²) in [4.78, 5) is 25.3. The second-order valence-electron chi connectivity index (χ2n) is 7.33. The number of amides is 2. The number of hydrogen-bond donors (Lipinski definition) is 2. The van der Waals surface area contributed by atoms with Crippen molar-refractivity contribution in [3.8, 4) is 17.1 Å². The molecule has 1 heterocycles. The number of methoxy groups -OCH3 is 1. The van der Waals surface area contributed by atoms with Crippen LogP contribution in [0.4, 0.5) is 0 Å². The zero-order chi connectivity index (χ0) is 22.5. The van der Waals surface area contributed by atoms with Crippen molar-refractivity contribution in [1.82, 2.24) is 15.8 Å².